The third kappa shape index (κ3) is 2.81. The third-order valence-electron chi connectivity index (χ3n) is 3.24. The highest BCUT2D eigenvalue weighted by Gasteiger charge is 2.33. The first kappa shape index (κ1) is 15.2. The van der Waals surface area contributed by atoms with Gasteiger partial charge in [0.25, 0.3) is 5.69 Å². The van der Waals surface area contributed by atoms with E-state index in [1.807, 2.05) is 0 Å². The fraction of sp³-hybridized carbons (Fsp3) is 0.364. The average Bonchev–Trinajstić information content (AvgIpc) is 2.41. The SMILES string of the molecule is CN1CCN(S(=O)(=O)c2ccc([N+](=O)[O-])cc2N)CC1=O. The molecule has 0 aliphatic carbocycles. The van der Waals surface area contributed by atoms with E-state index in [0.717, 1.165) is 22.5 Å². The molecule has 1 saturated heterocycles. The Labute approximate surface area is 121 Å². The van der Waals surface area contributed by atoms with Crippen molar-refractivity contribution in [2.45, 2.75) is 4.90 Å². The molecule has 1 aliphatic rings. The number of nitro benzene ring substituents is 1. The quantitative estimate of drug-likeness (QED) is 0.461. The molecule has 114 valence electrons. The summed E-state index contributed by atoms with van der Waals surface area (Å²) in [4.78, 5) is 22.8. The molecule has 0 bridgehead atoms. The lowest BCUT2D eigenvalue weighted by molar-refractivity contribution is -0.384. The number of amides is 1. The Balaban J connectivity index is 2.36. The van der Waals surface area contributed by atoms with E-state index >= 15 is 0 Å². The number of benzene rings is 1. The molecule has 2 rings (SSSR count). The molecule has 1 fully saturated rings. The molecule has 0 spiro atoms. The van der Waals surface area contributed by atoms with Crippen molar-refractivity contribution in [1.82, 2.24) is 9.21 Å². The summed E-state index contributed by atoms with van der Waals surface area (Å²) in [5.41, 5.74) is 5.11. The highest BCUT2D eigenvalue weighted by atomic mass is 32.2. The van der Waals surface area contributed by atoms with Crippen LogP contribution >= 0.6 is 0 Å². The first-order chi connectivity index (χ1) is 9.73. The molecule has 1 aromatic rings. The number of anilines is 1. The molecule has 21 heavy (non-hydrogen) atoms. The monoisotopic (exact) mass is 314 g/mol. The standard InChI is InChI=1S/C11H14N4O5S/c1-13-4-5-14(7-11(13)16)21(19,20)10-3-2-8(15(17)18)6-9(10)12/h2-3,6H,4-5,7,12H2,1H3. The molecule has 0 unspecified atom stereocenters. The molecular weight excluding hydrogens is 300 g/mol. The van der Waals surface area contributed by atoms with E-state index in [-0.39, 0.29) is 41.8 Å². The molecule has 0 saturated carbocycles. The molecular formula is C11H14N4O5S. The summed E-state index contributed by atoms with van der Waals surface area (Å²) in [7, 11) is -2.36. The van der Waals surface area contributed by atoms with Crippen molar-refractivity contribution in [2.75, 3.05) is 32.4 Å². The van der Waals surface area contributed by atoms with Crippen LogP contribution in [-0.2, 0) is 14.8 Å². The summed E-state index contributed by atoms with van der Waals surface area (Å²) < 4.78 is 25.9. The maximum absolute atomic E-state index is 12.4. The van der Waals surface area contributed by atoms with Crippen LogP contribution in [0.15, 0.2) is 23.1 Å². The van der Waals surface area contributed by atoms with E-state index in [1.165, 1.54) is 4.90 Å². The third-order valence-corrected chi connectivity index (χ3v) is 5.16. The number of hydrogen-bond donors (Lipinski definition) is 1. The predicted molar refractivity (Wildman–Crippen MR) is 73.9 cm³/mol. The van der Waals surface area contributed by atoms with Crippen molar-refractivity contribution in [3.05, 3.63) is 28.3 Å². The van der Waals surface area contributed by atoms with Crippen LogP contribution in [0, 0.1) is 10.1 Å². The van der Waals surface area contributed by atoms with E-state index < -0.39 is 14.9 Å². The summed E-state index contributed by atoms with van der Waals surface area (Å²) in [6, 6.07) is 3.15. The zero-order valence-corrected chi connectivity index (χ0v) is 12.0. The minimum absolute atomic E-state index is 0.154. The van der Waals surface area contributed by atoms with Gasteiger partial charge in [0.1, 0.15) is 4.90 Å². The highest BCUT2D eigenvalue weighted by Crippen LogP contribution is 2.27. The van der Waals surface area contributed by atoms with Crippen LogP contribution in [0.4, 0.5) is 11.4 Å². The van der Waals surface area contributed by atoms with Gasteiger partial charge in [-0.2, -0.15) is 4.31 Å². The van der Waals surface area contributed by atoms with E-state index in [0.29, 0.717) is 0 Å². The van der Waals surface area contributed by atoms with Crippen LogP contribution in [0.3, 0.4) is 0 Å². The van der Waals surface area contributed by atoms with Gasteiger partial charge in [-0.15, -0.1) is 0 Å². The van der Waals surface area contributed by atoms with Crippen LogP contribution < -0.4 is 5.73 Å². The Morgan fingerprint density at radius 2 is 2.00 bits per heavy atom. The van der Waals surface area contributed by atoms with Crippen molar-refractivity contribution in [2.24, 2.45) is 0 Å². The number of sulfonamides is 1. The van der Waals surface area contributed by atoms with Crippen molar-refractivity contribution in [1.29, 1.82) is 0 Å². The first-order valence-corrected chi connectivity index (χ1v) is 7.45. The number of carbonyl (C=O) groups excluding carboxylic acids is 1. The van der Waals surface area contributed by atoms with Crippen LogP contribution in [0.2, 0.25) is 0 Å². The number of non-ortho nitro benzene ring substituents is 1. The Bertz CT molecular complexity index is 703. The lowest BCUT2D eigenvalue weighted by Gasteiger charge is -2.31. The molecule has 2 N–H and O–H groups in total. The van der Waals surface area contributed by atoms with Gasteiger partial charge < -0.3 is 10.6 Å². The molecule has 0 aromatic heterocycles. The van der Waals surface area contributed by atoms with E-state index in [2.05, 4.69) is 0 Å². The summed E-state index contributed by atoms with van der Waals surface area (Å²) in [6.45, 7) is 0.168. The molecule has 1 aromatic carbocycles. The minimum atomic E-state index is -3.95. The number of nitrogens with two attached hydrogens (primary N) is 1. The summed E-state index contributed by atoms with van der Waals surface area (Å²) in [6.07, 6.45) is 0. The fourth-order valence-corrected chi connectivity index (χ4v) is 3.44. The highest BCUT2D eigenvalue weighted by molar-refractivity contribution is 7.89. The van der Waals surface area contributed by atoms with Crippen LogP contribution in [0.5, 0.6) is 0 Å². The largest absolute Gasteiger partial charge is 0.397 e. The Kier molecular flexibility index (Phi) is 3.83. The first-order valence-electron chi connectivity index (χ1n) is 6.01. The Morgan fingerprint density at radius 1 is 1.33 bits per heavy atom. The van der Waals surface area contributed by atoms with Gasteiger partial charge in [0.2, 0.25) is 15.9 Å². The molecule has 1 aliphatic heterocycles. The Hall–Kier alpha value is -2.20. The molecule has 9 nitrogen and oxygen atoms in total. The van der Waals surface area contributed by atoms with Gasteiger partial charge in [-0.3, -0.25) is 14.9 Å². The second-order valence-electron chi connectivity index (χ2n) is 4.63. The molecule has 1 heterocycles. The summed E-state index contributed by atoms with van der Waals surface area (Å²) >= 11 is 0. The van der Waals surface area contributed by atoms with Gasteiger partial charge in [0.15, 0.2) is 0 Å². The van der Waals surface area contributed by atoms with Gasteiger partial charge in [-0.1, -0.05) is 0 Å². The fourth-order valence-electron chi connectivity index (χ4n) is 1.97. The number of hydrogen-bond acceptors (Lipinski definition) is 6. The van der Waals surface area contributed by atoms with Gasteiger partial charge >= 0.3 is 0 Å². The second-order valence-corrected chi connectivity index (χ2v) is 6.54. The zero-order valence-electron chi connectivity index (χ0n) is 11.2. The van der Waals surface area contributed by atoms with Crippen molar-refractivity contribution >= 4 is 27.3 Å². The lowest BCUT2D eigenvalue weighted by Crippen LogP contribution is -2.50. The maximum atomic E-state index is 12.4. The minimum Gasteiger partial charge on any atom is -0.397 e. The van der Waals surface area contributed by atoms with Crippen LogP contribution in [0.1, 0.15) is 0 Å². The molecule has 1 amide bonds. The molecule has 0 atom stereocenters. The van der Waals surface area contributed by atoms with Gasteiger partial charge in [-0.05, 0) is 6.07 Å². The number of likely N-dealkylation sites (N-methyl/N-ethyl adjacent to an activating group) is 1. The predicted octanol–water partition coefficient (Wildman–Crippen LogP) is -0.360. The zero-order chi connectivity index (χ0) is 15.8. The van der Waals surface area contributed by atoms with Crippen LogP contribution in [-0.4, -0.2) is 55.1 Å². The normalized spacial score (nSPS) is 17.0. The summed E-state index contributed by atoms with van der Waals surface area (Å²) in [5, 5.41) is 10.6. The van der Waals surface area contributed by atoms with E-state index in [1.54, 1.807) is 7.05 Å². The topological polar surface area (TPSA) is 127 Å². The van der Waals surface area contributed by atoms with Crippen molar-refractivity contribution in [3.8, 4) is 0 Å². The molecule has 0 radical (unpaired) electrons. The maximum Gasteiger partial charge on any atom is 0.271 e. The van der Waals surface area contributed by atoms with Crippen molar-refractivity contribution in [3.63, 3.8) is 0 Å². The number of carbonyl (C=O) groups is 1. The average molecular weight is 314 g/mol. The number of nitrogen functional groups attached to an aromatic ring is 1. The van der Waals surface area contributed by atoms with Gasteiger partial charge in [0, 0.05) is 32.3 Å². The number of nitrogens with zero attached hydrogens (tertiary/aromatic N) is 3. The lowest BCUT2D eigenvalue weighted by atomic mass is 10.3. The van der Waals surface area contributed by atoms with Gasteiger partial charge in [0.05, 0.1) is 17.2 Å². The Morgan fingerprint density at radius 3 is 2.52 bits per heavy atom. The number of piperazine rings is 1. The summed E-state index contributed by atoms with van der Waals surface area (Å²) in [5.74, 6) is -0.315. The smallest absolute Gasteiger partial charge is 0.271 e. The number of rotatable bonds is 3. The molecule has 10 heteroatoms. The van der Waals surface area contributed by atoms with Gasteiger partial charge in [-0.25, -0.2) is 8.42 Å². The number of nitro groups is 1. The van der Waals surface area contributed by atoms with Crippen molar-refractivity contribution < 1.29 is 18.1 Å². The van der Waals surface area contributed by atoms with E-state index in [4.69, 9.17) is 5.73 Å². The van der Waals surface area contributed by atoms with E-state index in [9.17, 15) is 23.3 Å². The second kappa shape index (κ2) is 5.30. The van der Waals surface area contributed by atoms with Crippen LogP contribution in [0.25, 0.3) is 0 Å².